The Kier molecular flexibility index (Phi) is 13.0. The number of benzene rings is 4. The number of aliphatic hydroxyl groups is 1. The first-order valence-electron chi connectivity index (χ1n) is 20.2. The van der Waals surface area contributed by atoms with E-state index >= 15 is 0 Å². The maximum Gasteiger partial charge on any atom is 0.224 e. The fraction of sp³-hybridized carbons (Fsp3) is 0.333. The molecule has 3 N–H and O–H groups in total. The molecule has 4 aliphatic rings. The van der Waals surface area contributed by atoms with Crippen LogP contribution in [0.3, 0.4) is 0 Å². The van der Waals surface area contributed by atoms with Gasteiger partial charge in [-0.05, 0) is 94.5 Å². The monoisotopic (exact) mass is 934 g/mol. The van der Waals surface area contributed by atoms with E-state index in [9.17, 15) is 24.3 Å². The van der Waals surface area contributed by atoms with Crippen molar-refractivity contribution in [3.8, 4) is 0 Å². The summed E-state index contributed by atoms with van der Waals surface area (Å²) >= 11 is 31.5. The van der Waals surface area contributed by atoms with Crippen molar-refractivity contribution in [1.82, 2.24) is 0 Å². The maximum absolute atomic E-state index is 13.5. The number of hydrogen-bond acceptors (Lipinski definition) is 7. The molecule has 8 rings (SSSR count). The zero-order valence-corrected chi connectivity index (χ0v) is 39.0. The number of nitrogens with zero attached hydrogens (tertiary/aromatic N) is 2. The first-order valence-corrected chi connectivity index (χ1v) is 22.3. The molecule has 2 amide bonds. The summed E-state index contributed by atoms with van der Waals surface area (Å²) in [5.41, 5.74) is 7.94. The van der Waals surface area contributed by atoms with Crippen molar-refractivity contribution in [2.45, 2.75) is 91.8 Å². The predicted molar refractivity (Wildman–Crippen MR) is 250 cm³/mol. The summed E-state index contributed by atoms with van der Waals surface area (Å²) in [6.07, 6.45) is 2.08. The van der Waals surface area contributed by atoms with Gasteiger partial charge in [-0.15, -0.1) is 11.6 Å². The van der Waals surface area contributed by atoms with Gasteiger partial charge in [-0.1, -0.05) is 98.4 Å². The number of rotatable bonds is 4. The van der Waals surface area contributed by atoms with Gasteiger partial charge in [0, 0.05) is 75.2 Å². The molecule has 2 aliphatic carbocycles. The second kappa shape index (κ2) is 17.7. The third kappa shape index (κ3) is 9.03. The van der Waals surface area contributed by atoms with Crippen molar-refractivity contribution in [2.24, 2.45) is 10.8 Å². The van der Waals surface area contributed by atoms with Gasteiger partial charge in [0.1, 0.15) is 0 Å². The number of carbonyl (C=O) groups is 4. The molecular formula is C48H47Cl5N4O5. The number of hydrogen-bond donors (Lipinski definition) is 3. The molecule has 9 nitrogen and oxygen atoms in total. The standard InChI is InChI=1S/C24H23Cl3N2O2.C24H24Cl2N2O3/c1-13(30)29-20-7-4-14(12-25)8-18(20)28-19-10-24(2,3)11-21(31)22(19)23(29)16-6-5-15(26)9-17(16)27;1-13(30)28-20-7-4-14(12-29)8-18(20)27-19-10-24(2,3)11-21(31)22(19)23(28)16-6-5-15(25)9-17(16)26/h4-9,23,28H,10-12H2,1-3H3;4-9,23,27,29H,10-12H2,1-3H3. The minimum Gasteiger partial charge on any atom is -0.392 e. The normalized spacial score (nSPS) is 20.0. The molecule has 0 bridgehead atoms. The quantitative estimate of drug-likeness (QED) is 0.174. The lowest BCUT2D eigenvalue weighted by molar-refractivity contribution is -0.120. The summed E-state index contributed by atoms with van der Waals surface area (Å²) in [6.45, 7) is 11.1. The topological polar surface area (TPSA) is 119 Å². The van der Waals surface area contributed by atoms with E-state index in [1.807, 2.05) is 24.3 Å². The lowest BCUT2D eigenvalue weighted by Crippen LogP contribution is -2.38. The largest absolute Gasteiger partial charge is 0.392 e. The van der Waals surface area contributed by atoms with E-state index in [-0.39, 0.29) is 40.8 Å². The molecule has 2 aliphatic heterocycles. The Bertz CT molecular complexity index is 2420. The number of alkyl halides is 1. The highest BCUT2D eigenvalue weighted by Crippen LogP contribution is 2.52. The van der Waals surface area contributed by atoms with Crippen molar-refractivity contribution in [2.75, 3.05) is 20.4 Å². The van der Waals surface area contributed by atoms with Crippen LogP contribution in [-0.2, 0) is 31.7 Å². The van der Waals surface area contributed by atoms with Gasteiger partial charge in [0.15, 0.2) is 11.6 Å². The number of nitrogens with one attached hydrogen (secondary N) is 2. The number of carbonyl (C=O) groups excluding carboxylic acids is 4. The number of amides is 2. The van der Waals surface area contributed by atoms with Crippen LogP contribution in [0.5, 0.6) is 0 Å². The fourth-order valence-electron chi connectivity index (χ4n) is 9.10. The average Bonchev–Trinajstić information content (AvgIpc) is 3.40. The Balaban J connectivity index is 0.000000186. The van der Waals surface area contributed by atoms with Gasteiger partial charge in [0.2, 0.25) is 11.8 Å². The Morgan fingerprint density at radius 1 is 0.629 bits per heavy atom. The zero-order valence-electron chi connectivity index (χ0n) is 35.2. The Labute approximate surface area is 387 Å². The second-order valence-electron chi connectivity index (χ2n) is 17.8. The van der Waals surface area contributed by atoms with Crippen molar-refractivity contribution in [3.05, 3.63) is 138 Å². The number of Topliss-reactive ketones (excluding diaryl/α,β-unsaturated/α-hetero) is 2. The summed E-state index contributed by atoms with van der Waals surface area (Å²) in [5, 5.41) is 18.3. The molecule has 2 unspecified atom stereocenters. The van der Waals surface area contributed by atoms with Crippen LogP contribution in [0.15, 0.2) is 95.3 Å². The van der Waals surface area contributed by atoms with E-state index in [2.05, 4.69) is 38.3 Å². The third-order valence-electron chi connectivity index (χ3n) is 11.6. The summed E-state index contributed by atoms with van der Waals surface area (Å²) in [5.74, 6) is -0.0773. The number of allylic oxidation sites excluding steroid dienone is 2. The second-order valence-corrected chi connectivity index (χ2v) is 19.8. The SMILES string of the molecule is CC(=O)N1c2ccc(CCl)cc2NC2=C(C(=O)CC(C)(C)C2)C1c1ccc(Cl)cc1Cl.CC(=O)N1c2ccc(CO)cc2NC2=C(C(=O)CC(C)(C)C2)C1c1ccc(Cl)cc1Cl. The molecule has 0 radical (unpaired) electrons. The number of anilines is 4. The molecular weight excluding hydrogens is 890 g/mol. The van der Waals surface area contributed by atoms with E-state index in [1.165, 1.54) is 13.8 Å². The molecule has 14 heteroatoms. The van der Waals surface area contributed by atoms with Crippen molar-refractivity contribution < 1.29 is 24.3 Å². The van der Waals surface area contributed by atoms with Crippen LogP contribution < -0.4 is 20.4 Å². The van der Waals surface area contributed by atoms with Gasteiger partial charge in [-0.2, -0.15) is 0 Å². The molecule has 2 atom stereocenters. The molecule has 4 aromatic rings. The van der Waals surface area contributed by atoms with Gasteiger partial charge >= 0.3 is 0 Å². The number of fused-ring (bicyclic) bond motifs is 2. The van der Waals surface area contributed by atoms with Crippen LogP contribution in [0, 0.1) is 10.8 Å². The third-order valence-corrected chi connectivity index (χ3v) is 13.1. The lowest BCUT2D eigenvalue weighted by Gasteiger charge is -2.37. The summed E-state index contributed by atoms with van der Waals surface area (Å²) in [7, 11) is 0. The van der Waals surface area contributed by atoms with Gasteiger partial charge < -0.3 is 15.7 Å². The van der Waals surface area contributed by atoms with Gasteiger partial charge in [0.05, 0.1) is 41.4 Å². The van der Waals surface area contributed by atoms with E-state index in [1.54, 1.807) is 58.3 Å². The Morgan fingerprint density at radius 2 is 1.03 bits per heavy atom. The molecule has 0 spiro atoms. The van der Waals surface area contributed by atoms with Crippen LogP contribution in [0.2, 0.25) is 20.1 Å². The van der Waals surface area contributed by atoms with E-state index in [0.717, 1.165) is 22.6 Å². The molecule has 0 fully saturated rings. The fourth-order valence-corrected chi connectivity index (χ4v) is 10.3. The molecule has 62 heavy (non-hydrogen) atoms. The summed E-state index contributed by atoms with van der Waals surface area (Å²) in [4.78, 5) is 56.2. The van der Waals surface area contributed by atoms with Crippen LogP contribution in [0.25, 0.3) is 0 Å². The van der Waals surface area contributed by atoms with Gasteiger partial charge in [-0.3, -0.25) is 29.0 Å². The van der Waals surface area contributed by atoms with Gasteiger partial charge in [-0.25, -0.2) is 0 Å². The van der Waals surface area contributed by atoms with E-state index in [0.29, 0.717) is 96.6 Å². The van der Waals surface area contributed by atoms with Gasteiger partial charge in [0.25, 0.3) is 0 Å². The van der Waals surface area contributed by atoms with Crippen molar-refractivity contribution in [1.29, 1.82) is 0 Å². The minimum atomic E-state index is -0.686. The molecule has 324 valence electrons. The first kappa shape index (κ1) is 45.7. The predicted octanol–water partition coefficient (Wildman–Crippen LogP) is 12.5. The van der Waals surface area contributed by atoms with Crippen LogP contribution in [0.4, 0.5) is 22.7 Å². The highest BCUT2D eigenvalue weighted by Gasteiger charge is 2.45. The minimum absolute atomic E-state index is 0.00592. The average molecular weight is 937 g/mol. The molecule has 0 aromatic heterocycles. The van der Waals surface area contributed by atoms with Crippen molar-refractivity contribution >= 4 is 104 Å². The first-order chi connectivity index (χ1) is 29.2. The molecule has 2 heterocycles. The van der Waals surface area contributed by atoms with Crippen LogP contribution in [0.1, 0.15) is 102 Å². The maximum atomic E-state index is 13.5. The molecule has 0 saturated carbocycles. The summed E-state index contributed by atoms with van der Waals surface area (Å²) in [6, 6.07) is 20.0. The summed E-state index contributed by atoms with van der Waals surface area (Å²) < 4.78 is 0. The molecule has 0 saturated heterocycles. The number of ketones is 2. The van der Waals surface area contributed by atoms with Crippen LogP contribution >= 0.6 is 58.0 Å². The number of halogens is 5. The van der Waals surface area contributed by atoms with E-state index in [4.69, 9.17) is 58.0 Å². The Morgan fingerprint density at radius 3 is 1.40 bits per heavy atom. The van der Waals surface area contributed by atoms with Crippen LogP contribution in [-0.4, -0.2) is 28.5 Å². The smallest absolute Gasteiger partial charge is 0.224 e. The van der Waals surface area contributed by atoms with E-state index < -0.39 is 12.1 Å². The highest BCUT2D eigenvalue weighted by molar-refractivity contribution is 6.36. The lowest BCUT2D eigenvalue weighted by atomic mass is 9.73. The highest BCUT2D eigenvalue weighted by atomic mass is 35.5. The Hall–Kier alpha value is -4.35. The zero-order chi connectivity index (χ0) is 45.0. The van der Waals surface area contributed by atoms with Crippen molar-refractivity contribution in [3.63, 3.8) is 0 Å². The number of aliphatic hydroxyl groups excluding tert-OH is 1. The molecule has 4 aromatic carbocycles.